The molecule has 0 saturated carbocycles. The largest absolute Gasteiger partial charge is 0.325 e. The minimum absolute atomic E-state index is 0.270. The second kappa shape index (κ2) is 3.33. The Kier molecular flexibility index (Phi) is 2.22. The fraction of sp³-hybridized carbons (Fsp3) is 0.500. The molecule has 1 saturated heterocycles. The average molecular weight is 222 g/mol. The van der Waals surface area contributed by atoms with Crippen molar-refractivity contribution in [2.75, 3.05) is 0 Å². The first-order chi connectivity index (χ1) is 7.41. The molecule has 0 atom stereocenters. The Hall–Kier alpha value is -1.85. The second-order valence-corrected chi connectivity index (χ2v) is 4.39. The molecule has 0 radical (unpaired) electrons. The van der Waals surface area contributed by atoms with Gasteiger partial charge in [-0.25, -0.2) is 4.79 Å². The van der Waals surface area contributed by atoms with E-state index in [9.17, 15) is 9.59 Å². The number of hydrogen-bond donors (Lipinski definition) is 1. The lowest BCUT2D eigenvalue weighted by atomic mass is 10.0. The fourth-order valence-electron chi connectivity index (χ4n) is 1.67. The van der Waals surface area contributed by atoms with E-state index in [0.29, 0.717) is 6.54 Å². The molecule has 0 spiro atoms. The second-order valence-electron chi connectivity index (χ2n) is 4.39. The Balaban J connectivity index is 2.21. The molecule has 1 aromatic heterocycles. The summed E-state index contributed by atoms with van der Waals surface area (Å²) in [5.74, 6) is -0.270. The summed E-state index contributed by atoms with van der Waals surface area (Å²) in [5.41, 5.74) is -0.0466. The summed E-state index contributed by atoms with van der Waals surface area (Å²) in [7, 11) is 1.81. The van der Waals surface area contributed by atoms with Gasteiger partial charge in [0.1, 0.15) is 5.54 Å². The van der Waals surface area contributed by atoms with Gasteiger partial charge in [0, 0.05) is 13.2 Å². The van der Waals surface area contributed by atoms with Crippen LogP contribution < -0.4 is 5.32 Å². The standard InChI is InChI=1S/C10H14N4O2/c1-10(2)8(15)11-9(16)14(10)6-7-4-5-13(3)12-7/h4-5H,6H2,1-3H3,(H,11,15,16). The minimum Gasteiger partial charge on any atom is -0.304 e. The normalized spacial score (nSPS) is 19.1. The number of carbonyl (C=O) groups is 2. The van der Waals surface area contributed by atoms with Crippen LogP contribution in [0.2, 0.25) is 0 Å². The maximum Gasteiger partial charge on any atom is 0.325 e. The molecule has 1 fully saturated rings. The van der Waals surface area contributed by atoms with Crippen molar-refractivity contribution in [2.45, 2.75) is 25.9 Å². The van der Waals surface area contributed by atoms with Gasteiger partial charge in [0.25, 0.3) is 5.91 Å². The Bertz CT molecular complexity index is 449. The third-order valence-electron chi connectivity index (χ3n) is 2.79. The predicted molar refractivity (Wildman–Crippen MR) is 56.4 cm³/mol. The van der Waals surface area contributed by atoms with E-state index >= 15 is 0 Å². The zero-order valence-corrected chi connectivity index (χ0v) is 9.52. The van der Waals surface area contributed by atoms with Crippen LogP contribution >= 0.6 is 0 Å². The molecule has 0 unspecified atom stereocenters. The molecule has 86 valence electrons. The van der Waals surface area contributed by atoms with Gasteiger partial charge in [0.2, 0.25) is 0 Å². The highest BCUT2D eigenvalue weighted by molar-refractivity contribution is 6.06. The molecule has 0 aliphatic carbocycles. The predicted octanol–water partition coefficient (Wildman–Crippen LogP) is 0.250. The quantitative estimate of drug-likeness (QED) is 0.729. The monoisotopic (exact) mass is 222 g/mol. The number of amides is 3. The molecule has 6 nitrogen and oxygen atoms in total. The van der Waals surface area contributed by atoms with Crippen molar-refractivity contribution >= 4 is 11.9 Å². The van der Waals surface area contributed by atoms with Crippen LogP contribution in [-0.4, -0.2) is 32.2 Å². The number of carbonyl (C=O) groups excluding carboxylic acids is 2. The van der Waals surface area contributed by atoms with Gasteiger partial charge in [-0.2, -0.15) is 5.10 Å². The van der Waals surface area contributed by atoms with Crippen LogP contribution in [0.1, 0.15) is 19.5 Å². The molecular formula is C10H14N4O2. The highest BCUT2D eigenvalue weighted by atomic mass is 16.2. The Morgan fingerprint density at radius 2 is 2.12 bits per heavy atom. The third-order valence-corrected chi connectivity index (χ3v) is 2.79. The van der Waals surface area contributed by atoms with Gasteiger partial charge < -0.3 is 4.90 Å². The number of nitrogens with one attached hydrogen (secondary N) is 1. The molecule has 2 heterocycles. The summed E-state index contributed by atoms with van der Waals surface area (Å²) < 4.78 is 1.66. The minimum atomic E-state index is -0.811. The molecule has 1 aromatic rings. The number of nitrogens with zero attached hydrogens (tertiary/aromatic N) is 3. The maximum atomic E-state index is 11.6. The van der Waals surface area contributed by atoms with Crippen molar-refractivity contribution in [2.24, 2.45) is 7.05 Å². The number of urea groups is 1. The van der Waals surface area contributed by atoms with Crippen LogP contribution in [0, 0.1) is 0 Å². The molecule has 6 heteroatoms. The van der Waals surface area contributed by atoms with Gasteiger partial charge in [-0.05, 0) is 19.9 Å². The van der Waals surface area contributed by atoms with Crippen LogP contribution in [0.5, 0.6) is 0 Å². The smallest absolute Gasteiger partial charge is 0.304 e. The van der Waals surface area contributed by atoms with E-state index in [1.165, 1.54) is 4.90 Å². The number of hydrogen-bond acceptors (Lipinski definition) is 3. The Labute approximate surface area is 93.2 Å². The van der Waals surface area contributed by atoms with E-state index in [2.05, 4.69) is 10.4 Å². The number of aromatic nitrogens is 2. The van der Waals surface area contributed by atoms with E-state index in [1.807, 2.05) is 13.1 Å². The summed E-state index contributed by atoms with van der Waals surface area (Å²) in [6.07, 6.45) is 1.80. The van der Waals surface area contributed by atoms with E-state index < -0.39 is 5.54 Å². The summed E-state index contributed by atoms with van der Waals surface area (Å²) >= 11 is 0. The van der Waals surface area contributed by atoms with Crippen molar-refractivity contribution in [3.05, 3.63) is 18.0 Å². The number of aryl methyl sites for hydroxylation is 1. The van der Waals surface area contributed by atoms with Gasteiger partial charge in [-0.3, -0.25) is 14.8 Å². The summed E-state index contributed by atoms with van der Waals surface area (Å²) in [4.78, 5) is 24.6. The topological polar surface area (TPSA) is 67.2 Å². The van der Waals surface area contributed by atoms with Crippen molar-refractivity contribution in [3.8, 4) is 0 Å². The van der Waals surface area contributed by atoms with Crippen molar-refractivity contribution in [1.82, 2.24) is 20.0 Å². The van der Waals surface area contributed by atoms with Crippen LogP contribution in [-0.2, 0) is 18.4 Å². The van der Waals surface area contributed by atoms with E-state index in [1.54, 1.807) is 24.7 Å². The van der Waals surface area contributed by atoms with Gasteiger partial charge in [-0.1, -0.05) is 0 Å². The molecule has 2 rings (SSSR count). The molecule has 16 heavy (non-hydrogen) atoms. The Morgan fingerprint density at radius 3 is 2.56 bits per heavy atom. The number of imide groups is 1. The fourth-order valence-corrected chi connectivity index (χ4v) is 1.67. The SMILES string of the molecule is Cn1ccc(CN2C(=O)NC(=O)C2(C)C)n1. The van der Waals surface area contributed by atoms with Gasteiger partial charge >= 0.3 is 6.03 Å². The zero-order valence-electron chi connectivity index (χ0n) is 9.52. The zero-order chi connectivity index (χ0) is 11.9. The highest BCUT2D eigenvalue weighted by Crippen LogP contribution is 2.22. The highest BCUT2D eigenvalue weighted by Gasteiger charge is 2.45. The van der Waals surface area contributed by atoms with Gasteiger partial charge in [0.05, 0.1) is 12.2 Å². The van der Waals surface area contributed by atoms with Gasteiger partial charge in [0.15, 0.2) is 0 Å². The lowest BCUT2D eigenvalue weighted by Gasteiger charge is -2.26. The molecular weight excluding hydrogens is 208 g/mol. The Morgan fingerprint density at radius 1 is 1.44 bits per heavy atom. The summed E-state index contributed by atoms with van der Waals surface area (Å²) in [6, 6.07) is 1.47. The first kappa shape index (κ1) is 10.7. The van der Waals surface area contributed by atoms with Crippen LogP contribution in [0.4, 0.5) is 4.79 Å². The number of rotatable bonds is 2. The molecule has 1 aliphatic heterocycles. The van der Waals surface area contributed by atoms with E-state index in [4.69, 9.17) is 0 Å². The van der Waals surface area contributed by atoms with Crippen molar-refractivity contribution < 1.29 is 9.59 Å². The van der Waals surface area contributed by atoms with Crippen molar-refractivity contribution in [3.63, 3.8) is 0 Å². The summed E-state index contributed by atoms with van der Waals surface area (Å²) in [5, 5.41) is 6.48. The first-order valence-electron chi connectivity index (χ1n) is 5.03. The average Bonchev–Trinajstić information content (AvgIpc) is 2.66. The van der Waals surface area contributed by atoms with Crippen molar-refractivity contribution in [1.29, 1.82) is 0 Å². The first-order valence-corrected chi connectivity index (χ1v) is 5.03. The van der Waals surface area contributed by atoms with E-state index in [-0.39, 0.29) is 11.9 Å². The summed E-state index contributed by atoms with van der Waals surface area (Å²) in [6.45, 7) is 3.78. The van der Waals surface area contributed by atoms with Crippen LogP contribution in [0.15, 0.2) is 12.3 Å². The van der Waals surface area contributed by atoms with Crippen LogP contribution in [0.3, 0.4) is 0 Å². The van der Waals surface area contributed by atoms with Crippen LogP contribution in [0.25, 0.3) is 0 Å². The van der Waals surface area contributed by atoms with Gasteiger partial charge in [-0.15, -0.1) is 0 Å². The third kappa shape index (κ3) is 1.56. The maximum absolute atomic E-state index is 11.6. The van der Waals surface area contributed by atoms with E-state index in [0.717, 1.165) is 5.69 Å². The lowest BCUT2D eigenvalue weighted by Crippen LogP contribution is -2.43. The molecule has 1 N–H and O–H groups in total. The molecule has 0 bridgehead atoms. The molecule has 0 aromatic carbocycles. The lowest BCUT2D eigenvalue weighted by molar-refractivity contribution is -0.125. The molecule has 1 aliphatic rings. The molecule has 3 amide bonds.